The first-order valence-corrected chi connectivity index (χ1v) is 6.24. The fourth-order valence-electron chi connectivity index (χ4n) is 2.19. The van der Waals surface area contributed by atoms with Crippen LogP contribution in [0.3, 0.4) is 0 Å². The Hall–Kier alpha value is -2.69. The zero-order chi connectivity index (χ0) is 14.1. The van der Waals surface area contributed by atoms with Gasteiger partial charge in [-0.05, 0) is 24.4 Å². The molecule has 2 heterocycles. The van der Waals surface area contributed by atoms with Crippen LogP contribution in [0.4, 0.5) is 0 Å². The number of benzene rings is 1. The van der Waals surface area contributed by atoms with Gasteiger partial charge < -0.3 is 9.84 Å². The zero-order valence-corrected chi connectivity index (χ0v) is 10.8. The Bertz CT molecular complexity index is 815. The minimum Gasteiger partial charge on any atom is -0.506 e. The highest BCUT2D eigenvalue weighted by Gasteiger charge is 2.17. The smallest absolute Gasteiger partial charge is 0.343 e. The van der Waals surface area contributed by atoms with Crippen molar-refractivity contribution in [3.05, 3.63) is 42.4 Å². The number of fused-ring (bicyclic) bond motifs is 3. The van der Waals surface area contributed by atoms with E-state index in [0.717, 1.165) is 10.8 Å². The summed E-state index contributed by atoms with van der Waals surface area (Å²) in [6.07, 6.45) is 4.65. The van der Waals surface area contributed by atoms with E-state index in [9.17, 15) is 9.90 Å². The van der Waals surface area contributed by atoms with Crippen LogP contribution < -0.4 is 0 Å². The third-order valence-electron chi connectivity index (χ3n) is 3.12. The number of pyridine rings is 2. The van der Waals surface area contributed by atoms with Crippen LogP contribution >= 0.6 is 0 Å². The van der Waals surface area contributed by atoms with Crippen molar-refractivity contribution in [1.82, 2.24) is 9.97 Å². The van der Waals surface area contributed by atoms with E-state index in [0.29, 0.717) is 10.9 Å². The van der Waals surface area contributed by atoms with Crippen LogP contribution in [0, 0.1) is 0 Å². The van der Waals surface area contributed by atoms with Gasteiger partial charge >= 0.3 is 5.97 Å². The molecule has 0 unspecified atom stereocenters. The van der Waals surface area contributed by atoms with E-state index in [-0.39, 0.29) is 17.9 Å². The summed E-state index contributed by atoms with van der Waals surface area (Å²) in [6.45, 7) is 1.95. The minimum atomic E-state index is -0.583. The van der Waals surface area contributed by atoms with E-state index in [1.165, 1.54) is 6.20 Å². The second-order valence-electron chi connectivity index (χ2n) is 4.30. The predicted octanol–water partition coefficient (Wildman–Crippen LogP) is 2.67. The molecule has 5 nitrogen and oxygen atoms in total. The fraction of sp³-hybridized carbons (Fsp3) is 0.133. The number of hydrogen-bond donors (Lipinski definition) is 1. The Labute approximate surface area is 114 Å². The molecule has 0 saturated heterocycles. The largest absolute Gasteiger partial charge is 0.506 e. The summed E-state index contributed by atoms with van der Waals surface area (Å²) < 4.78 is 4.92. The zero-order valence-electron chi connectivity index (χ0n) is 10.8. The first kappa shape index (κ1) is 12.3. The maximum atomic E-state index is 11.8. The Balaban J connectivity index is 2.35. The molecule has 0 fully saturated rings. The fourth-order valence-corrected chi connectivity index (χ4v) is 2.19. The summed E-state index contributed by atoms with van der Waals surface area (Å²) in [5.41, 5.74) is 0.673. The Morgan fingerprint density at radius 2 is 2.15 bits per heavy atom. The van der Waals surface area contributed by atoms with Gasteiger partial charge in [-0.1, -0.05) is 6.07 Å². The standard InChI is InChI=1S/C15H12N2O3/c1-2-20-15(19)11-8-17-12-4-3-9-5-6-16-7-10(9)13(12)14(11)18/h3-8H,2H2,1H3,(H,17,18). The van der Waals surface area contributed by atoms with Crippen molar-refractivity contribution >= 4 is 27.6 Å². The van der Waals surface area contributed by atoms with Crippen LogP contribution in [0.25, 0.3) is 21.7 Å². The number of rotatable bonds is 2. The van der Waals surface area contributed by atoms with Gasteiger partial charge in [0.2, 0.25) is 0 Å². The third kappa shape index (κ3) is 1.84. The van der Waals surface area contributed by atoms with Gasteiger partial charge in [-0.3, -0.25) is 9.97 Å². The Morgan fingerprint density at radius 1 is 1.30 bits per heavy atom. The highest BCUT2D eigenvalue weighted by atomic mass is 16.5. The average molecular weight is 268 g/mol. The first-order chi connectivity index (χ1) is 9.72. The quantitative estimate of drug-likeness (QED) is 0.571. The van der Waals surface area contributed by atoms with Crippen molar-refractivity contribution in [2.75, 3.05) is 6.61 Å². The monoisotopic (exact) mass is 268 g/mol. The predicted molar refractivity (Wildman–Crippen MR) is 74.7 cm³/mol. The third-order valence-corrected chi connectivity index (χ3v) is 3.12. The van der Waals surface area contributed by atoms with Gasteiger partial charge in [-0.25, -0.2) is 4.79 Å². The van der Waals surface area contributed by atoms with Gasteiger partial charge in [-0.2, -0.15) is 0 Å². The number of nitrogens with zero attached hydrogens (tertiary/aromatic N) is 2. The molecule has 5 heteroatoms. The summed E-state index contributed by atoms with van der Waals surface area (Å²) in [4.78, 5) is 20.1. The number of hydrogen-bond acceptors (Lipinski definition) is 5. The molecule has 1 aromatic carbocycles. The molecule has 2 aromatic heterocycles. The van der Waals surface area contributed by atoms with E-state index >= 15 is 0 Å². The van der Waals surface area contributed by atoms with Crippen molar-refractivity contribution in [3.63, 3.8) is 0 Å². The molecule has 0 aliphatic carbocycles. The Morgan fingerprint density at radius 3 is 2.95 bits per heavy atom. The molecule has 0 aliphatic heterocycles. The van der Waals surface area contributed by atoms with Gasteiger partial charge in [-0.15, -0.1) is 0 Å². The number of esters is 1. The summed E-state index contributed by atoms with van der Waals surface area (Å²) in [5.74, 6) is -0.702. The number of carbonyl (C=O) groups is 1. The molecule has 0 atom stereocenters. The summed E-state index contributed by atoms with van der Waals surface area (Å²) in [6, 6.07) is 5.54. The normalized spacial score (nSPS) is 10.8. The highest BCUT2D eigenvalue weighted by Crippen LogP contribution is 2.33. The highest BCUT2D eigenvalue weighted by molar-refractivity contribution is 6.11. The number of ether oxygens (including phenoxy) is 1. The first-order valence-electron chi connectivity index (χ1n) is 6.24. The van der Waals surface area contributed by atoms with Crippen molar-refractivity contribution in [2.45, 2.75) is 6.92 Å². The number of aromatic hydroxyl groups is 1. The second kappa shape index (κ2) is 4.77. The molecular formula is C15H12N2O3. The molecule has 0 amide bonds. The molecule has 100 valence electrons. The molecule has 0 aliphatic rings. The van der Waals surface area contributed by atoms with E-state index < -0.39 is 5.97 Å². The molecule has 1 N–H and O–H groups in total. The van der Waals surface area contributed by atoms with Crippen molar-refractivity contribution in [2.24, 2.45) is 0 Å². The van der Waals surface area contributed by atoms with Gasteiger partial charge in [0.25, 0.3) is 0 Å². The van der Waals surface area contributed by atoms with Gasteiger partial charge in [0.05, 0.1) is 17.5 Å². The topological polar surface area (TPSA) is 72.3 Å². The van der Waals surface area contributed by atoms with E-state index in [1.54, 1.807) is 25.4 Å². The van der Waals surface area contributed by atoms with Crippen LogP contribution in [0.1, 0.15) is 17.3 Å². The lowest BCUT2D eigenvalue weighted by molar-refractivity contribution is 0.0523. The molecule has 20 heavy (non-hydrogen) atoms. The van der Waals surface area contributed by atoms with Crippen LogP contribution in [-0.2, 0) is 4.74 Å². The van der Waals surface area contributed by atoms with Gasteiger partial charge in [0.1, 0.15) is 11.3 Å². The van der Waals surface area contributed by atoms with Crippen molar-refractivity contribution in [1.29, 1.82) is 0 Å². The van der Waals surface area contributed by atoms with Crippen LogP contribution in [-0.4, -0.2) is 27.7 Å². The van der Waals surface area contributed by atoms with Crippen molar-refractivity contribution < 1.29 is 14.6 Å². The van der Waals surface area contributed by atoms with Crippen molar-refractivity contribution in [3.8, 4) is 5.75 Å². The lowest BCUT2D eigenvalue weighted by Gasteiger charge is -2.08. The minimum absolute atomic E-state index is 0.0655. The van der Waals surface area contributed by atoms with Crippen LogP contribution in [0.15, 0.2) is 36.8 Å². The summed E-state index contributed by atoms with van der Waals surface area (Å²) >= 11 is 0. The van der Waals surface area contributed by atoms with Gasteiger partial charge in [0.15, 0.2) is 0 Å². The summed E-state index contributed by atoms with van der Waals surface area (Å²) in [5, 5.41) is 12.6. The molecule has 0 bridgehead atoms. The van der Waals surface area contributed by atoms with Crippen LogP contribution in [0.2, 0.25) is 0 Å². The van der Waals surface area contributed by atoms with E-state index in [4.69, 9.17) is 4.74 Å². The lowest BCUT2D eigenvalue weighted by atomic mass is 10.0. The maximum absolute atomic E-state index is 11.8. The maximum Gasteiger partial charge on any atom is 0.343 e. The number of aromatic nitrogens is 2. The molecule has 0 spiro atoms. The SMILES string of the molecule is CCOC(=O)c1cnc2ccc3ccncc3c2c1O. The lowest BCUT2D eigenvalue weighted by Crippen LogP contribution is -2.05. The molecule has 3 rings (SSSR count). The Kier molecular flexibility index (Phi) is 2.95. The van der Waals surface area contributed by atoms with E-state index in [1.807, 2.05) is 12.1 Å². The molecular weight excluding hydrogens is 256 g/mol. The molecule has 0 saturated carbocycles. The second-order valence-corrected chi connectivity index (χ2v) is 4.30. The van der Waals surface area contributed by atoms with E-state index in [2.05, 4.69) is 9.97 Å². The molecule has 0 radical (unpaired) electrons. The summed E-state index contributed by atoms with van der Waals surface area (Å²) in [7, 11) is 0. The average Bonchev–Trinajstić information content (AvgIpc) is 2.47. The molecule has 3 aromatic rings. The van der Waals surface area contributed by atoms with Gasteiger partial charge in [0, 0.05) is 24.0 Å². The van der Waals surface area contributed by atoms with Crippen LogP contribution in [0.5, 0.6) is 5.75 Å². The number of carbonyl (C=O) groups excluding carboxylic acids is 1.